The molecule has 2 heterocycles. The lowest BCUT2D eigenvalue weighted by atomic mass is 10.3. The zero-order valence-corrected chi connectivity index (χ0v) is 10.5. The standard InChI is InChI=1S/C11H17ClN4O/c12-10-8-13-9-11(15-10)14-2-1-3-16-4-6-17-7-5-16/h8-9H,1-7H2,(H,14,15). The zero-order chi connectivity index (χ0) is 11.9. The van der Waals surface area contributed by atoms with Crippen molar-refractivity contribution >= 4 is 17.4 Å². The molecule has 1 aromatic heterocycles. The number of aromatic nitrogens is 2. The van der Waals surface area contributed by atoms with Crippen LogP contribution >= 0.6 is 11.6 Å². The van der Waals surface area contributed by atoms with Crippen molar-refractivity contribution in [3.05, 3.63) is 17.5 Å². The lowest BCUT2D eigenvalue weighted by Gasteiger charge is -2.26. The van der Waals surface area contributed by atoms with Crippen molar-refractivity contribution < 1.29 is 4.74 Å². The maximum Gasteiger partial charge on any atom is 0.149 e. The molecule has 0 bridgehead atoms. The highest BCUT2D eigenvalue weighted by molar-refractivity contribution is 6.29. The SMILES string of the molecule is Clc1cncc(NCCCN2CCOCC2)n1. The maximum atomic E-state index is 5.74. The van der Waals surface area contributed by atoms with Crippen LogP contribution < -0.4 is 5.32 Å². The van der Waals surface area contributed by atoms with Crippen molar-refractivity contribution in [1.29, 1.82) is 0 Å². The molecule has 1 aromatic rings. The molecule has 0 unspecified atom stereocenters. The lowest BCUT2D eigenvalue weighted by Crippen LogP contribution is -2.37. The number of nitrogens with zero attached hydrogens (tertiary/aromatic N) is 3. The molecule has 1 aliphatic rings. The Morgan fingerprint density at radius 3 is 2.94 bits per heavy atom. The summed E-state index contributed by atoms with van der Waals surface area (Å²) < 4.78 is 5.30. The van der Waals surface area contributed by atoms with Gasteiger partial charge in [-0.05, 0) is 13.0 Å². The Labute approximate surface area is 106 Å². The van der Waals surface area contributed by atoms with E-state index in [1.54, 1.807) is 6.20 Å². The van der Waals surface area contributed by atoms with E-state index in [0.29, 0.717) is 5.15 Å². The Balaban J connectivity index is 1.62. The third-order valence-corrected chi connectivity index (χ3v) is 2.85. The van der Waals surface area contributed by atoms with Crippen LogP contribution in [0.4, 0.5) is 5.82 Å². The summed E-state index contributed by atoms with van der Waals surface area (Å²) in [7, 11) is 0. The van der Waals surface area contributed by atoms with E-state index in [1.165, 1.54) is 6.20 Å². The number of halogens is 1. The van der Waals surface area contributed by atoms with Gasteiger partial charge in [-0.3, -0.25) is 9.88 Å². The van der Waals surface area contributed by atoms with E-state index in [4.69, 9.17) is 16.3 Å². The van der Waals surface area contributed by atoms with Gasteiger partial charge in [0, 0.05) is 19.6 Å². The Morgan fingerprint density at radius 1 is 1.35 bits per heavy atom. The second-order valence-corrected chi connectivity index (χ2v) is 4.35. The molecule has 0 aliphatic carbocycles. The summed E-state index contributed by atoms with van der Waals surface area (Å²) in [5.41, 5.74) is 0. The van der Waals surface area contributed by atoms with Crippen molar-refractivity contribution in [2.45, 2.75) is 6.42 Å². The highest BCUT2D eigenvalue weighted by Gasteiger charge is 2.08. The molecule has 0 aromatic carbocycles. The maximum absolute atomic E-state index is 5.74. The first-order chi connectivity index (χ1) is 8.34. The van der Waals surface area contributed by atoms with Crippen LogP contribution in [0.3, 0.4) is 0 Å². The number of morpholine rings is 1. The van der Waals surface area contributed by atoms with Crippen LogP contribution in [0, 0.1) is 0 Å². The fraction of sp³-hybridized carbons (Fsp3) is 0.636. The van der Waals surface area contributed by atoms with E-state index >= 15 is 0 Å². The van der Waals surface area contributed by atoms with Crippen LogP contribution in [0.1, 0.15) is 6.42 Å². The quantitative estimate of drug-likeness (QED) is 0.804. The van der Waals surface area contributed by atoms with Crippen LogP contribution in [-0.2, 0) is 4.74 Å². The second-order valence-electron chi connectivity index (χ2n) is 3.96. The number of nitrogens with one attached hydrogen (secondary N) is 1. The van der Waals surface area contributed by atoms with Crippen molar-refractivity contribution in [2.24, 2.45) is 0 Å². The molecule has 0 radical (unpaired) electrons. The van der Waals surface area contributed by atoms with Crippen molar-refractivity contribution in [3.63, 3.8) is 0 Å². The van der Waals surface area contributed by atoms with E-state index in [2.05, 4.69) is 20.2 Å². The summed E-state index contributed by atoms with van der Waals surface area (Å²) >= 11 is 5.74. The molecule has 94 valence electrons. The van der Waals surface area contributed by atoms with Crippen molar-refractivity contribution in [1.82, 2.24) is 14.9 Å². The van der Waals surface area contributed by atoms with Gasteiger partial charge in [0.05, 0.1) is 25.6 Å². The topological polar surface area (TPSA) is 50.3 Å². The normalized spacial score (nSPS) is 17.0. The van der Waals surface area contributed by atoms with E-state index < -0.39 is 0 Å². The zero-order valence-electron chi connectivity index (χ0n) is 9.73. The van der Waals surface area contributed by atoms with Gasteiger partial charge in [-0.15, -0.1) is 0 Å². The monoisotopic (exact) mass is 256 g/mol. The van der Waals surface area contributed by atoms with E-state index in [-0.39, 0.29) is 0 Å². The Bertz CT molecular complexity index is 344. The molecule has 1 N–H and O–H groups in total. The number of anilines is 1. The summed E-state index contributed by atoms with van der Waals surface area (Å²) in [5, 5.41) is 3.63. The van der Waals surface area contributed by atoms with Gasteiger partial charge < -0.3 is 10.1 Å². The molecule has 6 heteroatoms. The molecule has 1 aliphatic heterocycles. The summed E-state index contributed by atoms with van der Waals surface area (Å²) in [4.78, 5) is 10.5. The van der Waals surface area contributed by atoms with E-state index in [1.807, 2.05) is 0 Å². The van der Waals surface area contributed by atoms with Gasteiger partial charge in [0.1, 0.15) is 11.0 Å². The molecular weight excluding hydrogens is 240 g/mol. The molecule has 1 fully saturated rings. The average Bonchev–Trinajstić information content (AvgIpc) is 2.36. The third kappa shape index (κ3) is 4.46. The fourth-order valence-electron chi connectivity index (χ4n) is 1.77. The smallest absolute Gasteiger partial charge is 0.149 e. The molecule has 0 amide bonds. The van der Waals surface area contributed by atoms with Crippen molar-refractivity contribution in [3.8, 4) is 0 Å². The lowest BCUT2D eigenvalue weighted by molar-refractivity contribution is 0.0378. The summed E-state index contributed by atoms with van der Waals surface area (Å²) in [6.07, 6.45) is 4.29. The molecule has 0 saturated carbocycles. The van der Waals surface area contributed by atoms with Crippen LogP contribution in [0.25, 0.3) is 0 Å². The molecule has 5 nitrogen and oxygen atoms in total. The summed E-state index contributed by atoms with van der Waals surface area (Å²) in [6.45, 7) is 5.76. The fourth-order valence-corrected chi connectivity index (χ4v) is 1.92. The largest absolute Gasteiger partial charge is 0.379 e. The minimum absolute atomic E-state index is 0.420. The van der Waals surface area contributed by atoms with Gasteiger partial charge in [-0.2, -0.15) is 0 Å². The first kappa shape index (κ1) is 12.5. The van der Waals surface area contributed by atoms with Gasteiger partial charge >= 0.3 is 0 Å². The van der Waals surface area contributed by atoms with Gasteiger partial charge in [0.15, 0.2) is 0 Å². The van der Waals surface area contributed by atoms with Crippen LogP contribution in [0.15, 0.2) is 12.4 Å². The van der Waals surface area contributed by atoms with Gasteiger partial charge in [0.25, 0.3) is 0 Å². The van der Waals surface area contributed by atoms with Crippen LogP contribution in [0.2, 0.25) is 5.15 Å². The average molecular weight is 257 g/mol. The second kappa shape index (κ2) is 6.74. The first-order valence-electron chi connectivity index (χ1n) is 5.86. The molecular formula is C11H17ClN4O. The van der Waals surface area contributed by atoms with E-state index in [0.717, 1.165) is 51.6 Å². The van der Waals surface area contributed by atoms with Gasteiger partial charge in [-0.1, -0.05) is 11.6 Å². The molecule has 1 saturated heterocycles. The summed E-state index contributed by atoms with van der Waals surface area (Å²) in [5.74, 6) is 0.736. The number of hydrogen-bond donors (Lipinski definition) is 1. The van der Waals surface area contributed by atoms with Crippen LogP contribution in [0.5, 0.6) is 0 Å². The van der Waals surface area contributed by atoms with Gasteiger partial charge in [0.2, 0.25) is 0 Å². The minimum atomic E-state index is 0.420. The number of rotatable bonds is 5. The van der Waals surface area contributed by atoms with Crippen LogP contribution in [-0.4, -0.2) is 54.3 Å². The first-order valence-corrected chi connectivity index (χ1v) is 6.24. The predicted molar refractivity (Wildman–Crippen MR) is 67.4 cm³/mol. The predicted octanol–water partition coefficient (Wildman–Crippen LogP) is 1.26. The van der Waals surface area contributed by atoms with Crippen molar-refractivity contribution in [2.75, 3.05) is 44.7 Å². The highest BCUT2D eigenvalue weighted by Crippen LogP contribution is 2.06. The minimum Gasteiger partial charge on any atom is -0.379 e. The molecule has 17 heavy (non-hydrogen) atoms. The third-order valence-electron chi connectivity index (χ3n) is 2.67. The Morgan fingerprint density at radius 2 is 2.18 bits per heavy atom. The molecule has 2 rings (SSSR count). The van der Waals surface area contributed by atoms with Gasteiger partial charge in [-0.25, -0.2) is 4.98 Å². The molecule has 0 atom stereocenters. The Hall–Kier alpha value is -0.910. The van der Waals surface area contributed by atoms with E-state index in [9.17, 15) is 0 Å². The summed E-state index contributed by atoms with van der Waals surface area (Å²) in [6, 6.07) is 0. The Kier molecular flexibility index (Phi) is 4.97. The molecule has 0 spiro atoms. The number of hydrogen-bond acceptors (Lipinski definition) is 5. The number of ether oxygens (including phenoxy) is 1. The highest BCUT2D eigenvalue weighted by atomic mass is 35.5.